The van der Waals surface area contributed by atoms with Gasteiger partial charge < -0.3 is 10.2 Å². The number of aliphatic carboxylic acids is 2. The van der Waals surface area contributed by atoms with E-state index in [1.165, 1.54) is 16.7 Å². The summed E-state index contributed by atoms with van der Waals surface area (Å²) in [6.45, 7) is 14.5. The average molecular weight is 459 g/mol. The molecule has 0 saturated heterocycles. The number of carbonyl (C=O) groups is 2. The molecule has 1 atom stereocenters. The maximum Gasteiger partial charge on any atom is 0.310 e. The SMILES string of the molecule is CC(C)=CCCC(C)=CCCC(C)=CCC(CC=C(C)CCC=C(C)C)(CC(=O)O)C(=O)O. The first-order valence-electron chi connectivity index (χ1n) is 12.1. The Hall–Kier alpha value is -2.36. The van der Waals surface area contributed by atoms with Gasteiger partial charge in [-0.2, -0.15) is 0 Å². The zero-order valence-corrected chi connectivity index (χ0v) is 22.0. The van der Waals surface area contributed by atoms with Crippen molar-refractivity contribution in [3.8, 4) is 0 Å². The first-order chi connectivity index (χ1) is 15.4. The van der Waals surface area contributed by atoms with Gasteiger partial charge in [-0.25, -0.2) is 0 Å². The van der Waals surface area contributed by atoms with Crippen LogP contribution in [-0.4, -0.2) is 22.2 Å². The number of allylic oxidation sites excluding steroid dienone is 10. The lowest BCUT2D eigenvalue weighted by Gasteiger charge is -2.26. The molecule has 0 fully saturated rings. The van der Waals surface area contributed by atoms with Crippen molar-refractivity contribution >= 4 is 11.9 Å². The molecule has 0 saturated carbocycles. The molecule has 4 nitrogen and oxygen atoms in total. The molecule has 0 aromatic heterocycles. The molecule has 0 rings (SSSR count). The minimum Gasteiger partial charge on any atom is -0.481 e. The van der Waals surface area contributed by atoms with Gasteiger partial charge in [0.15, 0.2) is 0 Å². The van der Waals surface area contributed by atoms with E-state index >= 15 is 0 Å². The molecule has 33 heavy (non-hydrogen) atoms. The molecule has 0 aliphatic rings. The van der Waals surface area contributed by atoms with Crippen LogP contribution in [0.25, 0.3) is 0 Å². The van der Waals surface area contributed by atoms with Crippen molar-refractivity contribution < 1.29 is 19.8 Å². The van der Waals surface area contributed by atoms with Crippen LogP contribution in [0.4, 0.5) is 0 Å². The second kappa shape index (κ2) is 16.3. The number of carboxylic acids is 2. The third-order valence-electron chi connectivity index (χ3n) is 5.84. The average Bonchev–Trinajstić information content (AvgIpc) is 2.69. The van der Waals surface area contributed by atoms with Gasteiger partial charge in [-0.05, 0) is 99.8 Å². The summed E-state index contributed by atoms with van der Waals surface area (Å²) in [6.07, 6.45) is 16.2. The molecular weight excluding hydrogens is 412 g/mol. The van der Waals surface area contributed by atoms with Crippen molar-refractivity contribution in [1.82, 2.24) is 0 Å². The molecule has 2 N–H and O–H groups in total. The van der Waals surface area contributed by atoms with Crippen LogP contribution in [0, 0.1) is 5.41 Å². The molecule has 0 aliphatic heterocycles. The van der Waals surface area contributed by atoms with Crippen LogP contribution < -0.4 is 0 Å². The van der Waals surface area contributed by atoms with Gasteiger partial charge in [-0.3, -0.25) is 9.59 Å². The highest BCUT2D eigenvalue weighted by Crippen LogP contribution is 2.34. The fraction of sp³-hybridized carbons (Fsp3) is 0.586. The van der Waals surface area contributed by atoms with Crippen LogP contribution in [0.2, 0.25) is 0 Å². The summed E-state index contributed by atoms with van der Waals surface area (Å²) < 4.78 is 0. The summed E-state index contributed by atoms with van der Waals surface area (Å²) in [6, 6.07) is 0. The van der Waals surface area contributed by atoms with Gasteiger partial charge in [-0.1, -0.05) is 58.2 Å². The van der Waals surface area contributed by atoms with Crippen molar-refractivity contribution in [1.29, 1.82) is 0 Å². The van der Waals surface area contributed by atoms with Crippen molar-refractivity contribution in [2.45, 2.75) is 106 Å². The van der Waals surface area contributed by atoms with E-state index in [2.05, 4.69) is 52.8 Å². The molecule has 4 heteroatoms. The quantitative estimate of drug-likeness (QED) is 0.228. The van der Waals surface area contributed by atoms with Crippen LogP contribution in [0.1, 0.15) is 106 Å². The van der Waals surface area contributed by atoms with Crippen molar-refractivity contribution in [2.24, 2.45) is 5.41 Å². The Morgan fingerprint density at radius 2 is 0.970 bits per heavy atom. The molecule has 0 aromatic rings. The second-order valence-electron chi connectivity index (χ2n) is 9.89. The smallest absolute Gasteiger partial charge is 0.310 e. The standard InChI is InChI=1S/C29H46O4/c1-22(2)11-8-13-24(5)15-10-16-26(7)18-20-29(28(32)33,21-27(30)31)19-17-25(6)14-9-12-23(3)4/h11-12,15,17-18H,8-10,13-14,16,19-21H2,1-7H3,(H,30,31)(H,32,33). The molecule has 0 aliphatic carbocycles. The summed E-state index contributed by atoms with van der Waals surface area (Å²) in [7, 11) is 0. The van der Waals surface area contributed by atoms with Crippen LogP contribution in [-0.2, 0) is 9.59 Å². The monoisotopic (exact) mass is 458 g/mol. The van der Waals surface area contributed by atoms with E-state index in [0.29, 0.717) is 0 Å². The Morgan fingerprint density at radius 1 is 0.606 bits per heavy atom. The Morgan fingerprint density at radius 3 is 1.30 bits per heavy atom. The zero-order chi connectivity index (χ0) is 25.4. The van der Waals surface area contributed by atoms with Crippen LogP contribution in [0.5, 0.6) is 0 Å². The molecule has 0 radical (unpaired) electrons. The molecule has 0 spiro atoms. The lowest BCUT2D eigenvalue weighted by atomic mass is 9.77. The Kier molecular flexibility index (Phi) is 15.1. The van der Waals surface area contributed by atoms with Gasteiger partial charge in [0.1, 0.15) is 0 Å². The first kappa shape index (κ1) is 30.6. The third kappa shape index (κ3) is 15.2. The fourth-order valence-electron chi connectivity index (χ4n) is 3.54. The van der Waals surface area contributed by atoms with Crippen LogP contribution >= 0.6 is 0 Å². The van der Waals surface area contributed by atoms with Crippen LogP contribution in [0.15, 0.2) is 58.2 Å². The molecule has 186 valence electrons. The van der Waals surface area contributed by atoms with Gasteiger partial charge in [0, 0.05) is 0 Å². The van der Waals surface area contributed by atoms with E-state index < -0.39 is 17.4 Å². The summed E-state index contributed by atoms with van der Waals surface area (Å²) in [5, 5.41) is 19.4. The predicted molar refractivity (Wildman–Crippen MR) is 139 cm³/mol. The maximum atomic E-state index is 12.2. The molecular formula is C29H46O4. The lowest BCUT2D eigenvalue weighted by Crippen LogP contribution is -2.33. The lowest BCUT2D eigenvalue weighted by molar-refractivity contribution is -0.155. The predicted octanol–water partition coefficient (Wildman–Crippen LogP) is 8.42. The summed E-state index contributed by atoms with van der Waals surface area (Å²) >= 11 is 0. The molecule has 0 aromatic carbocycles. The van der Waals surface area contributed by atoms with E-state index in [-0.39, 0.29) is 19.3 Å². The zero-order valence-electron chi connectivity index (χ0n) is 22.0. The van der Waals surface area contributed by atoms with Crippen molar-refractivity contribution in [3.63, 3.8) is 0 Å². The van der Waals surface area contributed by atoms with E-state index in [4.69, 9.17) is 0 Å². The molecule has 1 unspecified atom stereocenters. The maximum absolute atomic E-state index is 12.2. The highest BCUT2D eigenvalue weighted by Gasteiger charge is 2.39. The van der Waals surface area contributed by atoms with Gasteiger partial charge in [0.05, 0.1) is 11.8 Å². The van der Waals surface area contributed by atoms with Crippen LogP contribution in [0.3, 0.4) is 0 Å². The van der Waals surface area contributed by atoms with Gasteiger partial charge >= 0.3 is 11.9 Å². The second-order valence-corrected chi connectivity index (χ2v) is 9.89. The minimum absolute atomic E-state index is 0.224. The first-order valence-corrected chi connectivity index (χ1v) is 12.1. The normalized spacial score (nSPS) is 14.5. The Bertz CT molecular complexity index is 784. The Balaban J connectivity index is 5.20. The molecule has 0 heterocycles. The van der Waals surface area contributed by atoms with Gasteiger partial charge in [0.2, 0.25) is 0 Å². The number of carboxylic acid groups (broad SMARTS) is 2. The van der Waals surface area contributed by atoms with Crippen molar-refractivity contribution in [2.75, 3.05) is 0 Å². The van der Waals surface area contributed by atoms with E-state index in [9.17, 15) is 19.8 Å². The highest BCUT2D eigenvalue weighted by atomic mass is 16.4. The van der Waals surface area contributed by atoms with Crippen molar-refractivity contribution in [3.05, 3.63) is 58.2 Å². The third-order valence-corrected chi connectivity index (χ3v) is 5.84. The summed E-state index contributed by atoms with van der Waals surface area (Å²) in [4.78, 5) is 23.7. The molecule has 0 bridgehead atoms. The van der Waals surface area contributed by atoms with E-state index in [1.54, 1.807) is 0 Å². The largest absolute Gasteiger partial charge is 0.481 e. The fourth-order valence-corrected chi connectivity index (χ4v) is 3.54. The number of hydrogen-bond acceptors (Lipinski definition) is 2. The van der Waals surface area contributed by atoms with E-state index in [1.807, 2.05) is 26.0 Å². The summed E-state index contributed by atoms with van der Waals surface area (Å²) in [5.41, 5.74) is 4.83. The minimum atomic E-state index is -1.32. The van der Waals surface area contributed by atoms with Gasteiger partial charge in [-0.15, -0.1) is 0 Å². The molecule has 0 amide bonds. The van der Waals surface area contributed by atoms with E-state index in [0.717, 1.165) is 49.7 Å². The number of rotatable bonds is 16. The Labute approximate surface area is 201 Å². The van der Waals surface area contributed by atoms with Gasteiger partial charge in [0.25, 0.3) is 0 Å². The topological polar surface area (TPSA) is 74.6 Å². The number of hydrogen-bond donors (Lipinski definition) is 2. The summed E-state index contributed by atoms with van der Waals surface area (Å²) in [5.74, 6) is -2.12. The highest BCUT2D eigenvalue weighted by molar-refractivity contribution is 5.81.